The molecular weight excluding hydrogens is 325 g/mol. The highest BCUT2D eigenvalue weighted by Gasteiger charge is 2.18. The van der Waals surface area contributed by atoms with Crippen LogP contribution in [0.15, 0.2) is 39.9 Å². The van der Waals surface area contributed by atoms with Gasteiger partial charge in [-0.25, -0.2) is 17.5 Å². The standard InChI is InChI=1S/C12H11ClFNO3S2/c13-9-4-3-8(6-10(9)14)11(16)7-15-20(17,18)12-2-1-5-19-12/h1-6,11,15-16H,7H2/t11-/m1/s1. The van der Waals surface area contributed by atoms with Crippen molar-refractivity contribution in [3.8, 4) is 0 Å². The van der Waals surface area contributed by atoms with Gasteiger partial charge in [-0.15, -0.1) is 11.3 Å². The topological polar surface area (TPSA) is 66.4 Å². The fourth-order valence-corrected chi connectivity index (χ4v) is 3.71. The maximum Gasteiger partial charge on any atom is 0.250 e. The maximum absolute atomic E-state index is 13.3. The van der Waals surface area contributed by atoms with Crippen molar-refractivity contribution in [1.29, 1.82) is 0 Å². The molecule has 1 heterocycles. The van der Waals surface area contributed by atoms with Crippen LogP contribution in [0.5, 0.6) is 0 Å². The van der Waals surface area contributed by atoms with E-state index in [0.29, 0.717) is 0 Å². The summed E-state index contributed by atoms with van der Waals surface area (Å²) in [5.74, 6) is -0.663. The molecule has 0 aliphatic rings. The molecule has 2 N–H and O–H groups in total. The summed E-state index contributed by atoms with van der Waals surface area (Å²) in [6.07, 6.45) is -1.16. The first kappa shape index (κ1) is 15.4. The van der Waals surface area contributed by atoms with Gasteiger partial charge in [0, 0.05) is 6.54 Å². The number of thiophene rings is 1. The van der Waals surface area contributed by atoms with Crippen molar-refractivity contribution >= 4 is 33.0 Å². The quantitative estimate of drug-likeness (QED) is 0.882. The van der Waals surface area contributed by atoms with Gasteiger partial charge >= 0.3 is 0 Å². The van der Waals surface area contributed by atoms with E-state index in [2.05, 4.69) is 4.72 Å². The van der Waals surface area contributed by atoms with Crippen LogP contribution in [0.3, 0.4) is 0 Å². The van der Waals surface area contributed by atoms with E-state index in [4.69, 9.17) is 11.6 Å². The number of hydrogen-bond acceptors (Lipinski definition) is 4. The second-order valence-corrected chi connectivity index (χ2v) is 7.32. The summed E-state index contributed by atoms with van der Waals surface area (Å²) in [5.41, 5.74) is 0.251. The van der Waals surface area contributed by atoms with Gasteiger partial charge in [-0.2, -0.15) is 0 Å². The van der Waals surface area contributed by atoms with Crippen LogP contribution in [0, 0.1) is 5.82 Å². The number of benzene rings is 1. The highest BCUT2D eigenvalue weighted by molar-refractivity contribution is 7.91. The van der Waals surface area contributed by atoms with E-state index in [1.807, 2.05) is 0 Å². The predicted molar refractivity (Wildman–Crippen MR) is 75.9 cm³/mol. The van der Waals surface area contributed by atoms with Crippen molar-refractivity contribution in [2.45, 2.75) is 10.3 Å². The zero-order valence-electron chi connectivity index (χ0n) is 10.1. The van der Waals surface area contributed by atoms with Gasteiger partial charge in [0.1, 0.15) is 10.0 Å². The molecule has 1 aromatic heterocycles. The minimum absolute atomic E-state index is 0.0554. The Morgan fingerprint density at radius 3 is 2.75 bits per heavy atom. The Labute approximate surface area is 124 Å². The molecule has 108 valence electrons. The van der Waals surface area contributed by atoms with Crippen LogP contribution in [-0.4, -0.2) is 20.1 Å². The van der Waals surface area contributed by atoms with Crippen molar-refractivity contribution in [1.82, 2.24) is 4.72 Å². The molecule has 2 aromatic rings. The number of aliphatic hydroxyl groups is 1. The second-order valence-electron chi connectivity index (χ2n) is 3.97. The Kier molecular flexibility index (Phi) is 4.77. The molecule has 0 saturated heterocycles. The largest absolute Gasteiger partial charge is 0.387 e. The summed E-state index contributed by atoms with van der Waals surface area (Å²) >= 11 is 6.61. The van der Waals surface area contributed by atoms with Crippen LogP contribution in [0.1, 0.15) is 11.7 Å². The lowest BCUT2D eigenvalue weighted by atomic mass is 10.1. The summed E-state index contributed by atoms with van der Waals surface area (Å²) in [6.45, 7) is -0.249. The number of aliphatic hydroxyl groups excluding tert-OH is 1. The van der Waals surface area contributed by atoms with E-state index in [0.717, 1.165) is 17.4 Å². The maximum atomic E-state index is 13.3. The summed E-state index contributed by atoms with van der Waals surface area (Å²) in [6, 6.07) is 6.90. The zero-order chi connectivity index (χ0) is 14.8. The number of sulfonamides is 1. The fraction of sp³-hybridized carbons (Fsp3) is 0.167. The van der Waals surface area contributed by atoms with E-state index in [9.17, 15) is 17.9 Å². The van der Waals surface area contributed by atoms with Crippen molar-refractivity contribution in [2.24, 2.45) is 0 Å². The van der Waals surface area contributed by atoms with Gasteiger partial charge in [0.2, 0.25) is 10.0 Å². The lowest BCUT2D eigenvalue weighted by molar-refractivity contribution is 0.181. The second kappa shape index (κ2) is 6.19. The molecule has 8 heteroatoms. The highest BCUT2D eigenvalue weighted by Crippen LogP contribution is 2.21. The predicted octanol–water partition coefficient (Wildman–Crippen LogP) is 2.55. The third-order valence-electron chi connectivity index (χ3n) is 2.56. The van der Waals surface area contributed by atoms with Crippen LogP contribution < -0.4 is 4.72 Å². The Morgan fingerprint density at radius 2 is 2.15 bits per heavy atom. The van der Waals surface area contributed by atoms with Gasteiger partial charge in [-0.05, 0) is 29.1 Å². The first-order chi connectivity index (χ1) is 9.40. The van der Waals surface area contributed by atoms with Gasteiger partial charge in [0.05, 0.1) is 11.1 Å². The van der Waals surface area contributed by atoms with Crippen LogP contribution >= 0.6 is 22.9 Å². The summed E-state index contributed by atoms with van der Waals surface area (Å²) in [7, 11) is -3.65. The molecular formula is C12H11ClFNO3S2. The van der Waals surface area contributed by atoms with Gasteiger partial charge in [0.15, 0.2) is 0 Å². The van der Waals surface area contributed by atoms with E-state index in [1.54, 1.807) is 11.4 Å². The number of hydrogen-bond donors (Lipinski definition) is 2. The molecule has 0 aliphatic heterocycles. The molecule has 1 aromatic carbocycles. The first-order valence-electron chi connectivity index (χ1n) is 5.56. The average Bonchev–Trinajstić information content (AvgIpc) is 2.94. The molecule has 20 heavy (non-hydrogen) atoms. The molecule has 4 nitrogen and oxygen atoms in total. The van der Waals surface area contributed by atoms with Crippen molar-refractivity contribution in [3.05, 3.63) is 52.1 Å². The van der Waals surface area contributed by atoms with E-state index in [1.165, 1.54) is 18.2 Å². The molecule has 0 spiro atoms. The number of halogens is 2. The average molecular weight is 336 g/mol. The van der Waals surface area contributed by atoms with E-state index < -0.39 is 21.9 Å². The minimum Gasteiger partial charge on any atom is -0.387 e. The van der Waals surface area contributed by atoms with Crippen LogP contribution in [0.2, 0.25) is 5.02 Å². The Hall–Kier alpha value is -0.990. The lowest BCUT2D eigenvalue weighted by Crippen LogP contribution is -2.28. The van der Waals surface area contributed by atoms with E-state index in [-0.39, 0.29) is 21.3 Å². The summed E-state index contributed by atoms with van der Waals surface area (Å²) < 4.78 is 39.4. The minimum atomic E-state index is -3.65. The molecule has 0 unspecified atom stereocenters. The van der Waals surface area contributed by atoms with Gasteiger partial charge in [-0.1, -0.05) is 23.7 Å². The molecule has 0 amide bonds. The molecule has 1 atom stereocenters. The monoisotopic (exact) mass is 335 g/mol. The van der Waals surface area contributed by atoms with Gasteiger partial charge < -0.3 is 5.11 Å². The Balaban J connectivity index is 2.05. The summed E-state index contributed by atoms with van der Waals surface area (Å²) in [4.78, 5) is 0. The summed E-state index contributed by atoms with van der Waals surface area (Å²) in [5, 5.41) is 11.4. The third-order valence-corrected chi connectivity index (χ3v) is 5.68. The van der Waals surface area contributed by atoms with Gasteiger partial charge in [-0.3, -0.25) is 0 Å². The molecule has 2 rings (SSSR count). The van der Waals surface area contributed by atoms with Crippen molar-refractivity contribution in [3.63, 3.8) is 0 Å². The Morgan fingerprint density at radius 1 is 1.40 bits per heavy atom. The SMILES string of the molecule is O=S(=O)(NC[C@@H](O)c1ccc(Cl)c(F)c1)c1cccs1. The van der Waals surface area contributed by atoms with Crippen molar-refractivity contribution < 1.29 is 17.9 Å². The fourth-order valence-electron chi connectivity index (χ4n) is 1.51. The number of rotatable bonds is 5. The smallest absolute Gasteiger partial charge is 0.250 e. The highest BCUT2D eigenvalue weighted by atomic mass is 35.5. The molecule has 0 fully saturated rings. The molecule has 0 radical (unpaired) electrons. The van der Waals surface area contributed by atoms with Crippen LogP contribution in [0.25, 0.3) is 0 Å². The molecule has 0 bridgehead atoms. The van der Waals surface area contributed by atoms with Gasteiger partial charge in [0.25, 0.3) is 0 Å². The molecule has 0 saturated carbocycles. The zero-order valence-corrected chi connectivity index (χ0v) is 12.5. The van der Waals surface area contributed by atoms with Crippen molar-refractivity contribution in [2.75, 3.05) is 6.54 Å². The lowest BCUT2D eigenvalue weighted by Gasteiger charge is -2.12. The van der Waals surface area contributed by atoms with Crippen LogP contribution in [-0.2, 0) is 10.0 Å². The van der Waals surface area contributed by atoms with E-state index >= 15 is 0 Å². The third kappa shape index (κ3) is 3.56. The van der Waals surface area contributed by atoms with Crippen LogP contribution in [0.4, 0.5) is 4.39 Å². The Bertz CT molecular complexity index is 689. The molecule has 0 aliphatic carbocycles. The first-order valence-corrected chi connectivity index (χ1v) is 8.30. The number of nitrogens with one attached hydrogen (secondary N) is 1. The normalized spacial score (nSPS) is 13.3.